The van der Waals surface area contributed by atoms with Crippen LogP contribution < -0.4 is 10.6 Å². The average Bonchev–Trinajstić information content (AvgIpc) is 2.91. The molecular weight excluding hydrogens is 474 g/mol. The number of hydrogen-bond acceptors (Lipinski definition) is 5. The third-order valence-electron chi connectivity index (χ3n) is 7.22. The molecule has 1 aliphatic carbocycles. The molecule has 0 radical (unpaired) electrons. The van der Waals surface area contributed by atoms with E-state index in [1.807, 2.05) is 30.3 Å². The second-order valence-corrected chi connectivity index (χ2v) is 11.7. The van der Waals surface area contributed by atoms with E-state index in [-0.39, 0.29) is 29.7 Å². The van der Waals surface area contributed by atoms with Gasteiger partial charge in [-0.25, -0.2) is 8.42 Å². The van der Waals surface area contributed by atoms with E-state index in [1.54, 1.807) is 23.5 Å². The van der Waals surface area contributed by atoms with Crippen molar-refractivity contribution in [1.82, 2.24) is 4.31 Å². The minimum atomic E-state index is -3.81. The van der Waals surface area contributed by atoms with Crippen LogP contribution in [0.1, 0.15) is 44.1 Å². The number of anilines is 2. The van der Waals surface area contributed by atoms with Crippen LogP contribution in [0.4, 0.5) is 11.4 Å². The van der Waals surface area contributed by atoms with Gasteiger partial charge in [-0.2, -0.15) is 4.31 Å². The summed E-state index contributed by atoms with van der Waals surface area (Å²) in [4.78, 5) is 13.4. The number of carboxylic acids is 1. The number of benzene rings is 2. The summed E-state index contributed by atoms with van der Waals surface area (Å²) in [7, 11) is -2.12. The SMILES string of the molecule is CN1[C@H](C2CCCCC2)CN(c2ccccc2)c2cc(Cl)c(CCC(N)C(=O)O)cc2S1(=O)=O. The Hall–Kier alpha value is -2.13. The van der Waals surface area contributed by atoms with Gasteiger partial charge in [-0.05, 0) is 61.4 Å². The van der Waals surface area contributed by atoms with E-state index in [9.17, 15) is 13.2 Å². The highest BCUT2D eigenvalue weighted by atomic mass is 35.5. The Morgan fingerprint density at radius 2 is 1.85 bits per heavy atom. The van der Waals surface area contributed by atoms with E-state index in [2.05, 4.69) is 4.90 Å². The summed E-state index contributed by atoms with van der Waals surface area (Å²) in [5, 5.41) is 9.53. The lowest BCUT2D eigenvalue weighted by atomic mass is 9.83. The quantitative estimate of drug-likeness (QED) is 0.602. The Bertz CT molecular complexity index is 1140. The Kier molecular flexibility index (Phi) is 7.52. The van der Waals surface area contributed by atoms with E-state index >= 15 is 0 Å². The van der Waals surface area contributed by atoms with Crippen LogP contribution in [0.2, 0.25) is 5.02 Å². The molecule has 2 atom stereocenters. The molecule has 0 bridgehead atoms. The number of carboxylic acid groups (broad SMARTS) is 1. The number of carbonyl (C=O) groups is 1. The number of aliphatic carboxylic acids is 1. The summed E-state index contributed by atoms with van der Waals surface area (Å²) >= 11 is 6.62. The predicted molar refractivity (Wildman–Crippen MR) is 134 cm³/mol. The van der Waals surface area contributed by atoms with Crippen molar-refractivity contribution in [3.63, 3.8) is 0 Å². The topological polar surface area (TPSA) is 104 Å². The molecule has 0 spiro atoms. The number of nitrogens with two attached hydrogens (primary N) is 1. The van der Waals surface area contributed by atoms with Gasteiger partial charge in [0.2, 0.25) is 10.0 Å². The highest BCUT2D eigenvalue weighted by Gasteiger charge is 2.41. The summed E-state index contributed by atoms with van der Waals surface area (Å²) in [5.74, 6) is -0.804. The van der Waals surface area contributed by atoms with Crippen LogP contribution in [0.25, 0.3) is 0 Å². The lowest BCUT2D eigenvalue weighted by molar-refractivity contribution is -0.138. The van der Waals surface area contributed by atoms with Crippen LogP contribution in [-0.4, -0.2) is 49.5 Å². The fourth-order valence-electron chi connectivity index (χ4n) is 5.18. The number of para-hydroxylation sites is 1. The summed E-state index contributed by atoms with van der Waals surface area (Å²) in [5.41, 5.74) is 7.71. The summed E-state index contributed by atoms with van der Waals surface area (Å²) in [6.07, 6.45) is 5.90. The standard InChI is InChI=1S/C25H32ClN3O4S/c1-28-23(17-8-4-2-5-9-17)16-29(19-10-6-3-7-11-19)22-15-20(26)18(12-13-21(27)25(30)31)14-24(22)34(28,32)33/h3,6-7,10-11,14-15,17,21,23H,2,4-5,8-9,12-13,16,27H2,1H3,(H,30,31)/t21?,23-/m0/s1. The fourth-order valence-corrected chi connectivity index (χ4v) is 7.06. The van der Waals surface area contributed by atoms with Crippen LogP contribution in [0.3, 0.4) is 0 Å². The largest absolute Gasteiger partial charge is 0.480 e. The highest BCUT2D eigenvalue weighted by molar-refractivity contribution is 7.89. The first-order chi connectivity index (χ1) is 16.2. The second kappa shape index (κ2) is 10.2. The molecular formula is C25H32ClN3O4S. The van der Waals surface area contributed by atoms with Gasteiger partial charge in [0.25, 0.3) is 0 Å². The Morgan fingerprint density at radius 1 is 1.18 bits per heavy atom. The van der Waals surface area contributed by atoms with Crippen LogP contribution in [0, 0.1) is 5.92 Å². The zero-order valence-corrected chi connectivity index (χ0v) is 20.9. The molecule has 0 aromatic heterocycles. The molecule has 184 valence electrons. The van der Waals surface area contributed by atoms with Gasteiger partial charge in [0.05, 0.1) is 5.69 Å². The molecule has 0 saturated heterocycles. The Morgan fingerprint density at radius 3 is 2.50 bits per heavy atom. The number of likely N-dealkylation sites (N-methyl/N-ethyl adjacent to an activating group) is 1. The zero-order chi connectivity index (χ0) is 24.5. The first-order valence-corrected chi connectivity index (χ1v) is 13.6. The smallest absolute Gasteiger partial charge is 0.320 e. The zero-order valence-electron chi connectivity index (χ0n) is 19.4. The van der Waals surface area contributed by atoms with Gasteiger partial charge in [0, 0.05) is 30.3 Å². The van der Waals surface area contributed by atoms with E-state index in [1.165, 1.54) is 6.42 Å². The van der Waals surface area contributed by atoms with Crippen LogP contribution in [0.15, 0.2) is 47.4 Å². The van der Waals surface area contributed by atoms with Crippen LogP contribution >= 0.6 is 11.6 Å². The molecule has 1 unspecified atom stereocenters. The van der Waals surface area contributed by atoms with Gasteiger partial charge in [0.1, 0.15) is 10.9 Å². The van der Waals surface area contributed by atoms with Crippen molar-refractivity contribution in [3.8, 4) is 0 Å². The third-order valence-corrected chi connectivity index (χ3v) is 9.48. The van der Waals surface area contributed by atoms with Crippen molar-refractivity contribution in [3.05, 3.63) is 53.1 Å². The average molecular weight is 506 g/mol. The second-order valence-electron chi connectivity index (χ2n) is 9.33. The van der Waals surface area contributed by atoms with Gasteiger partial charge in [-0.1, -0.05) is 49.1 Å². The predicted octanol–water partition coefficient (Wildman–Crippen LogP) is 4.41. The van der Waals surface area contributed by atoms with E-state index < -0.39 is 22.0 Å². The molecule has 1 heterocycles. The molecule has 2 aliphatic rings. The van der Waals surface area contributed by atoms with Crippen molar-refractivity contribution < 1.29 is 18.3 Å². The van der Waals surface area contributed by atoms with Crippen molar-refractivity contribution in [2.75, 3.05) is 18.5 Å². The Labute approximate surface area is 206 Å². The first-order valence-electron chi connectivity index (χ1n) is 11.8. The van der Waals surface area contributed by atoms with Crippen LogP contribution in [0.5, 0.6) is 0 Å². The maximum absolute atomic E-state index is 13.9. The minimum Gasteiger partial charge on any atom is -0.480 e. The normalized spacial score (nSPS) is 22.1. The van der Waals surface area contributed by atoms with Crippen molar-refractivity contribution in [1.29, 1.82) is 0 Å². The Balaban J connectivity index is 1.81. The van der Waals surface area contributed by atoms with Gasteiger partial charge in [-0.3, -0.25) is 4.79 Å². The van der Waals surface area contributed by atoms with Gasteiger partial charge >= 0.3 is 5.97 Å². The molecule has 1 fully saturated rings. The molecule has 0 amide bonds. The minimum absolute atomic E-state index is 0.164. The van der Waals surface area contributed by atoms with E-state index in [0.29, 0.717) is 22.8 Å². The maximum atomic E-state index is 13.9. The van der Waals surface area contributed by atoms with Crippen LogP contribution in [-0.2, 0) is 21.2 Å². The van der Waals surface area contributed by atoms with Gasteiger partial charge in [0.15, 0.2) is 0 Å². The fraction of sp³-hybridized carbons (Fsp3) is 0.480. The summed E-state index contributed by atoms with van der Waals surface area (Å²) in [6, 6.07) is 11.9. The molecule has 34 heavy (non-hydrogen) atoms. The number of aryl methyl sites for hydroxylation is 1. The lowest BCUT2D eigenvalue weighted by Crippen LogP contribution is -2.46. The van der Waals surface area contributed by atoms with Crippen molar-refractivity contribution >= 4 is 39.0 Å². The molecule has 1 saturated carbocycles. The molecule has 2 aromatic carbocycles. The molecule has 3 N–H and O–H groups in total. The van der Waals surface area contributed by atoms with Gasteiger partial charge in [-0.15, -0.1) is 0 Å². The maximum Gasteiger partial charge on any atom is 0.320 e. The van der Waals surface area contributed by atoms with E-state index in [0.717, 1.165) is 31.4 Å². The number of nitrogens with zero attached hydrogens (tertiary/aromatic N) is 2. The number of sulfonamides is 1. The van der Waals surface area contributed by atoms with Crippen molar-refractivity contribution in [2.45, 2.75) is 61.9 Å². The van der Waals surface area contributed by atoms with E-state index in [4.69, 9.17) is 22.4 Å². The molecule has 1 aliphatic heterocycles. The lowest BCUT2D eigenvalue weighted by Gasteiger charge is -2.36. The monoisotopic (exact) mass is 505 g/mol. The number of hydrogen-bond donors (Lipinski definition) is 2. The molecule has 2 aromatic rings. The molecule has 9 heteroatoms. The number of fused-ring (bicyclic) bond motifs is 1. The first kappa shape index (κ1) is 25.0. The molecule has 4 rings (SSSR count). The van der Waals surface area contributed by atoms with Crippen molar-refractivity contribution in [2.24, 2.45) is 11.7 Å². The molecule has 7 nitrogen and oxygen atoms in total. The number of rotatable bonds is 6. The highest BCUT2D eigenvalue weighted by Crippen LogP contribution is 2.42. The summed E-state index contributed by atoms with van der Waals surface area (Å²) < 4.78 is 29.3. The third kappa shape index (κ3) is 4.96. The summed E-state index contributed by atoms with van der Waals surface area (Å²) in [6.45, 7) is 0.539. The van der Waals surface area contributed by atoms with Gasteiger partial charge < -0.3 is 15.7 Å². The number of halogens is 1.